The minimum Gasteiger partial charge on any atom is -0.454 e. The second-order valence-electron chi connectivity index (χ2n) is 4.60. The molecule has 0 aliphatic heterocycles. The van der Waals surface area contributed by atoms with E-state index in [9.17, 15) is 14.5 Å². The van der Waals surface area contributed by atoms with Gasteiger partial charge in [-0.05, 0) is 37.2 Å². The Labute approximate surface area is 121 Å². The Hall–Kier alpha value is -2.47. The van der Waals surface area contributed by atoms with Crippen molar-refractivity contribution < 1.29 is 14.1 Å². The monoisotopic (exact) mass is 290 g/mol. The molecule has 0 atom stereocenters. The molecule has 6 heteroatoms. The van der Waals surface area contributed by atoms with E-state index in [1.807, 2.05) is 26.1 Å². The van der Waals surface area contributed by atoms with Gasteiger partial charge in [-0.2, -0.15) is 0 Å². The largest absolute Gasteiger partial charge is 0.454 e. The van der Waals surface area contributed by atoms with Crippen LogP contribution in [-0.4, -0.2) is 12.0 Å². The molecule has 21 heavy (non-hydrogen) atoms. The van der Waals surface area contributed by atoms with Gasteiger partial charge >= 0.3 is 0 Å². The number of nitro benzene ring substituents is 1. The predicted molar refractivity (Wildman–Crippen MR) is 77.1 cm³/mol. The third-order valence-corrected chi connectivity index (χ3v) is 2.97. The number of hydrogen-bond donors (Lipinski definition) is 1. The molecule has 2 aromatic rings. The van der Waals surface area contributed by atoms with Gasteiger partial charge < -0.3 is 10.1 Å². The van der Waals surface area contributed by atoms with Crippen LogP contribution in [0.3, 0.4) is 0 Å². The number of benzene rings is 2. The number of ether oxygens (including phenoxy) is 1. The number of hydrogen-bond acceptors (Lipinski definition) is 4. The molecule has 5 nitrogen and oxygen atoms in total. The highest BCUT2D eigenvalue weighted by Gasteiger charge is 2.13. The Balaban J connectivity index is 2.24. The minimum absolute atomic E-state index is 0.0370. The first kappa shape index (κ1) is 14.9. The molecule has 0 unspecified atom stereocenters. The number of nitrogens with one attached hydrogen (secondary N) is 1. The topological polar surface area (TPSA) is 64.4 Å². The summed E-state index contributed by atoms with van der Waals surface area (Å²) in [6.45, 7) is 2.59. The number of non-ortho nitro benzene ring substituents is 1. The summed E-state index contributed by atoms with van der Waals surface area (Å²) in [5, 5.41) is 13.6. The molecule has 0 radical (unpaired) electrons. The van der Waals surface area contributed by atoms with E-state index in [0.29, 0.717) is 5.75 Å². The molecule has 2 aromatic carbocycles. The fourth-order valence-electron chi connectivity index (χ4n) is 1.94. The van der Waals surface area contributed by atoms with Crippen LogP contribution in [0.4, 0.5) is 10.1 Å². The van der Waals surface area contributed by atoms with Gasteiger partial charge in [0.25, 0.3) is 5.69 Å². The van der Waals surface area contributed by atoms with Gasteiger partial charge in [0.15, 0.2) is 11.6 Å². The summed E-state index contributed by atoms with van der Waals surface area (Å²) in [5.74, 6) is -0.282. The lowest BCUT2D eigenvalue weighted by Crippen LogP contribution is -2.05. The normalized spacial score (nSPS) is 10.4. The van der Waals surface area contributed by atoms with Crippen LogP contribution in [0.25, 0.3) is 0 Å². The molecular formula is C15H15FN2O3. The van der Waals surface area contributed by atoms with Crippen molar-refractivity contribution in [3.63, 3.8) is 0 Å². The smallest absolute Gasteiger partial charge is 0.272 e. The van der Waals surface area contributed by atoms with Crippen molar-refractivity contribution in [1.29, 1.82) is 0 Å². The van der Waals surface area contributed by atoms with E-state index in [4.69, 9.17) is 4.74 Å². The maximum atomic E-state index is 13.8. The van der Waals surface area contributed by atoms with E-state index in [-0.39, 0.29) is 11.4 Å². The van der Waals surface area contributed by atoms with Crippen molar-refractivity contribution in [2.45, 2.75) is 13.5 Å². The van der Waals surface area contributed by atoms with Gasteiger partial charge in [-0.1, -0.05) is 12.1 Å². The van der Waals surface area contributed by atoms with Gasteiger partial charge in [0.1, 0.15) is 5.75 Å². The number of aryl methyl sites for hydroxylation is 1. The Morgan fingerprint density at radius 1 is 1.24 bits per heavy atom. The molecule has 0 spiro atoms. The fraction of sp³-hybridized carbons (Fsp3) is 0.200. The van der Waals surface area contributed by atoms with Crippen LogP contribution < -0.4 is 10.1 Å². The van der Waals surface area contributed by atoms with E-state index in [1.165, 1.54) is 12.1 Å². The molecule has 110 valence electrons. The van der Waals surface area contributed by atoms with Gasteiger partial charge in [-0.3, -0.25) is 10.1 Å². The predicted octanol–water partition coefficient (Wildman–Crippen LogP) is 3.55. The summed E-state index contributed by atoms with van der Waals surface area (Å²) in [7, 11) is 1.85. The van der Waals surface area contributed by atoms with Gasteiger partial charge in [0, 0.05) is 12.6 Å². The van der Waals surface area contributed by atoms with Crippen LogP contribution in [0.2, 0.25) is 0 Å². The lowest BCUT2D eigenvalue weighted by atomic mass is 10.1. The van der Waals surface area contributed by atoms with Gasteiger partial charge in [0.2, 0.25) is 0 Å². The molecule has 0 bridgehead atoms. The highest BCUT2D eigenvalue weighted by Crippen LogP contribution is 2.29. The lowest BCUT2D eigenvalue weighted by molar-refractivity contribution is -0.385. The van der Waals surface area contributed by atoms with E-state index < -0.39 is 10.7 Å². The van der Waals surface area contributed by atoms with Gasteiger partial charge in [-0.15, -0.1) is 0 Å². The third-order valence-electron chi connectivity index (χ3n) is 2.97. The van der Waals surface area contributed by atoms with Crippen molar-refractivity contribution in [2.75, 3.05) is 7.05 Å². The maximum absolute atomic E-state index is 13.8. The zero-order valence-electron chi connectivity index (χ0n) is 11.7. The molecule has 0 aliphatic carbocycles. The van der Waals surface area contributed by atoms with Crippen LogP contribution in [0, 0.1) is 22.9 Å². The van der Waals surface area contributed by atoms with Crippen LogP contribution in [0.15, 0.2) is 36.4 Å². The summed E-state index contributed by atoms with van der Waals surface area (Å²) >= 11 is 0. The van der Waals surface area contributed by atoms with Crippen molar-refractivity contribution in [2.24, 2.45) is 0 Å². The highest BCUT2D eigenvalue weighted by atomic mass is 19.1. The zero-order valence-corrected chi connectivity index (χ0v) is 11.7. The summed E-state index contributed by atoms with van der Waals surface area (Å²) in [6, 6.07) is 8.89. The van der Waals surface area contributed by atoms with Crippen LogP contribution >= 0.6 is 0 Å². The second-order valence-corrected chi connectivity index (χ2v) is 4.60. The Morgan fingerprint density at radius 2 is 1.95 bits per heavy atom. The Bertz CT molecular complexity index is 674. The van der Waals surface area contributed by atoms with Gasteiger partial charge in [-0.25, -0.2) is 4.39 Å². The lowest BCUT2D eigenvalue weighted by Gasteiger charge is -2.11. The first-order valence-corrected chi connectivity index (χ1v) is 6.37. The molecule has 0 heterocycles. The van der Waals surface area contributed by atoms with Crippen molar-refractivity contribution in [3.05, 3.63) is 63.5 Å². The van der Waals surface area contributed by atoms with Crippen molar-refractivity contribution in [1.82, 2.24) is 5.32 Å². The molecule has 0 saturated heterocycles. The molecule has 0 aromatic heterocycles. The third kappa shape index (κ3) is 3.55. The first-order valence-electron chi connectivity index (χ1n) is 6.37. The fourth-order valence-corrected chi connectivity index (χ4v) is 1.94. The van der Waals surface area contributed by atoms with E-state index in [1.54, 1.807) is 6.07 Å². The molecule has 0 aliphatic rings. The van der Waals surface area contributed by atoms with E-state index >= 15 is 0 Å². The highest BCUT2D eigenvalue weighted by molar-refractivity contribution is 5.43. The Kier molecular flexibility index (Phi) is 4.49. The SMILES string of the molecule is CNCc1ccc(Oc2ccc([N+](=O)[O-])cc2F)c(C)c1. The van der Waals surface area contributed by atoms with Crippen LogP contribution in [0.5, 0.6) is 11.5 Å². The molecule has 0 fully saturated rings. The summed E-state index contributed by atoms with van der Waals surface area (Å²) < 4.78 is 19.3. The molecular weight excluding hydrogens is 275 g/mol. The molecule has 2 rings (SSSR count). The van der Waals surface area contributed by atoms with Crippen LogP contribution in [-0.2, 0) is 6.54 Å². The summed E-state index contributed by atoms with van der Waals surface area (Å²) in [4.78, 5) is 9.92. The maximum Gasteiger partial charge on any atom is 0.272 e. The summed E-state index contributed by atoms with van der Waals surface area (Å²) in [5.41, 5.74) is 1.65. The zero-order chi connectivity index (χ0) is 15.4. The second kappa shape index (κ2) is 6.32. The molecule has 0 amide bonds. The van der Waals surface area contributed by atoms with Crippen molar-refractivity contribution >= 4 is 5.69 Å². The summed E-state index contributed by atoms with van der Waals surface area (Å²) in [6.07, 6.45) is 0. The number of rotatable bonds is 5. The van der Waals surface area contributed by atoms with Crippen LogP contribution in [0.1, 0.15) is 11.1 Å². The van der Waals surface area contributed by atoms with Crippen molar-refractivity contribution in [3.8, 4) is 11.5 Å². The molecule has 1 N–H and O–H groups in total. The number of halogens is 1. The quantitative estimate of drug-likeness (QED) is 0.675. The number of nitro groups is 1. The van der Waals surface area contributed by atoms with E-state index in [2.05, 4.69) is 5.32 Å². The van der Waals surface area contributed by atoms with Gasteiger partial charge in [0.05, 0.1) is 11.0 Å². The molecule has 0 saturated carbocycles. The average molecular weight is 290 g/mol. The number of nitrogens with zero attached hydrogens (tertiary/aromatic N) is 1. The average Bonchev–Trinajstić information content (AvgIpc) is 2.43. The first-order chi connectivity index (χ1) is 10.0. The standard InChI is InChI=1S/C15H15FN2O3/c1-10-7-11(9-17-2)3-5-14(10)21-15-6-4-12(18(19)20)8-13(15)16/h3-8,17H,9H2,1-2H3. The Morgan fingerprint density at radius 3 is 2.52 bits per heavy atom. The van der Waals surface area contributed by atoms with E-state index in [0.717, 1.165) is 23.7 Å². The minimum atomic E-state index is -0.761.